The Hall–Kier alpha value is -2.04. The van der Waals surface area contributed by atoms with Crippen LogP contribution in [0.1, 0.15) is 83.5 Å². The zero-order valence-corrected chi connectivity index (χ0v) is 18.9. The van der Waals surface area contributed by atoms with Gasteiger partial charge in [0.1, 0.15) is 0 Å². The summed E-state index contributed by atoms with van der Waals surface area (Å²) in [5.41, 5.74) is 2.31. The number of carbonyl (C=O) groups excluding carboxylic acids is 2. The zero-order chi connectivity index (χ0) is 21.4. The monoisotopic (exact) mass is 401 g/mol. The van der Waals surface area contributed by atoms with E-state index in [1.54, 1.807) is 0 Å². The molecule has 0 bridgehead atoms. The second-order valence-electron chi connectivity index (χ2n) is 8.77. The maximum absolute atomic E-state index is 12.9. The van der Waals surface area contributed by atoms with Gasteiger partial charge in [0.05, 0.1) is 5.56 Å². The fourth-order valence-corrected chi connectivity index (χ4v) is 3.88. The van der Waals surface area contributed by atoms with E-state index in [0.717, 1.165) is 63.2 Å². The largest absolute Gasteiger partial charge is 0.371 e. The molecule has 5 nitrogen and oxygen atoms in total. The van der Waals surface area contributed by atoms with Crippen molar-refractivity contribution in [2.45, 2.75) is 79.2 Å². The van der Waals surface area contributed by atoms with Gasteiger partial charge in [-0.15, -0.1) is 0 Å². The first kappa shape index (κ1) is 23.2. The van der Waals surface area contributed by atoms with Crippen molar-refractivity contribution in [2.24, 2.45) is 11.8 Å². The molecule has 1 atom stereocenters. The molecule has 0 aliphatic carbocycles. The summed E-state index contributed by atoms with van der Waals surface area (Å²) in [4.78, 5) is 27.9. The first-order chi connectivity index (χ1) is 13.8. The lowest BCUT2D eigenvalue weighted by atomic mass is 9.97. The standard InChI is InChI=1S/C24H39N3O2/c1-6-8-9-19(7-2)23(28)26-20-10-11-22(27-14-12-18(5)13-15-27)21(16-20)24(29)25-17(3)4/h10-11,16-19H,6-9,12-15H2,1-5H3,(H,25,29)(H,26,28). The number of unbranched alkanes of at least 4 members (excludes halogenated alkanes) is 1. The van der Waals surface area contributed by atoms with E-state index < -0.39 is 0 Å². The van der Waals surface area contributed by atoms with Crippen LogP contribution in [0.15, 0.2) is 18.2 Å². The number of nitrogens with zero attached hydrogens (tertiary/aromatic N) is 1. The predicted octanol–water partition coefficient (Wildman–Crippen LogP) is 5.22. The van der Waals surface area contributed by atoms with Crippen molar-refractivity contribution in [3.05, 3.63) is 23.8 Å². The summed E-state index contributed by atoms with van der Waals surface area (Å²) in [6.45, 7) is 12.3. The Labute approximate surface area is 176 Å². The number of carbonyl (C=O) groups is 2. The molecule has 1 aromatic carbocycles. The quantitative estimate of drug-likeness (QED) is 0.597. The molecule has 2 rings (SSSR count). The normalized spacial score (nSPS) is 16.0. The molecule has 1 aromatic rings. The van der Waals surface area contributed by atoms with Crippen LogP contribution in [-0.4, -0.2) is 30.9 Å². The first-order valence-electron chi connectivity index (χ1n) is 11.4. The van der Waals surface area contributed by atoms with Gasteiger partial charge in [-0.2, -0.15) is 0 Å². The Morgan fingerprint density at radius 2 is 1.86 bits per heavy atom. The number of nitrogens with one attached hydrogen (secondary N) is 2. The molecule has 5 heteroatoms. The second-order valence-corrected chi connectivity index (χ2v) is 8.77. The molecule has 0 saturated carbocycles. The minimum absolute atomic E-state index is 0.0196. The van der Waals surface area contributed by atoms with E-state index in [1.807, 2.05) is 32.0 Å². The van der Waals surface area contributed by atoms with Crippen LogP contribution >= 0.6 is 0 Å². The van der Waals surface area contributed by atoms with E-state index in [1.165, 1.54) is 0 Å². The van der Waals surface area contributed by atoms with Gasteiger partial charge in [-0.1, -0.05) is 33.6 Å². The average Bonchev–Trinajstić information content (AvgIpc) is 2.68. The second kappa shape index (κ2) is 11.2. The van der Waals surface area contributed by atoms with Crippen LogP contribution < -0.4 is 15.5 Å². The molecule has 1 aliphatic rings. The van der Waals surface area contributed by atoms with Gasteiger partial charge >= 0.3 is 0 Å². The molecule has 0 aromatic heterocycles. The Morgan fingerprint density at radius 3 is 2.45 bits per heavy atom. The number of benzene rings is 1. The van der Waals surface area contributed by atoms with Crippen LogP contribution in [0.4, 0.5) is 11.4 Å². The van der Waals surface area contributed by atoms with Crippen molar-refractivity contribution >= 4 is 23.2 Å². The highest BCUT2D eigenvalue weighted by atomic mass is 16.2. The molecule has 2 amide bonds. The Kier molecular flexibility index (Phi) is 8.99. The molecule has 1 heterocycles. The van der Waals surface area contributed by atoms with Gasteiger partial charge in [0.25, 0.3) is 5.91 Å². The topological polar surface area (TPSA) is 61.4 Å². The highest BCUT2D eigenvalue weighted by Crippen LogP contribution is 2.29. The highest BCUT2D eigenvalue weighted by molar-refractivity contribution is 6.02. The van der Waals surface area contributed by atoms with Gasteiger partial charge < -0.3 is 15.5 Å². The minimum atomic E-state index is -0.0808. The number of rotatable bonds is 9. The Bertz CT molecular complexity index is 679. The molecule has 1 saturated heterocycles. The van der Waals surface area contributed by atoms with Crippen molar-refractivity contribution < 1.29 is 9.59 Å². The van der Waals surface area contributed by atoms with Gasteiger partial charge in [0.15, 0.2) is 0 Å². The van der Waals surface area contributed by atoms with Crippen LogP contribution in [0.2, 0.25) is 0 Å². The minimum Gasteiger partial charge on any atom is -0.371 e. The molecular formula is C24H39N3O2. The van der Waals surface area contributed by atoms with E-state index in [2.05, 4.69) is 36.3 Å². The van der Waals surface area contributed by atoms with Crippen LogP contribution in [0.3, 0.4) is 0 Å². The predicted molar refractivity (Wildman–Crippen MR) is 122 cm³/mol. The van der Waals surface area contributed by atoms with Gasteiger partial charge in [-0.3, -0.25) is 9.59 Å². The lowest BCUT2D eigenvalue weighted by Crippen LogP contribution is -2.36. The van der Waals surface area contributed by atoms with Crippen molar-refractivity contribution in [1.29, 1.82) is 0 Å². The number of anilines is 2. The van der Waals surface area contributed by atoms with Crippen LogP contribution in [0.25, 0.3) is 0 Å². The fourth-order valence-electron chi connectivity index (χ4n) is 3.88. The number of hydrogen-bond donors (Lipinski definition) is 2. The molecule has 29 heavy (non-hydrogen) atoms. The van der Waals surface area contributed by atoms with Gasteiger partial charge in [0, 0.05) is 36.4 Å². The molecule has 1 unspecified atom stereocenters. The summed E-state index contributed by atoms with van der Waals surface area (Å²) in [5, 5.41) is 6.06. The van der Waals surface area contributed by atoms with Gasteiger partial charge in [-0.25, -0.2) is 0 Å². The SMILES string of the molecule is CCCCC(CC)C(=O)Nc1ccc(N2CCC(C)CC2)c(C(=O)NC(C)C)c1. The summed E-state index contributed by atoms with van der Waals surface area (Å²) < 4.78 is 0. The van der Waals surface area contributed by atoms with Crippen molar-refractivity contribution in [2.75, 3.05) is 23.3 Å². The third kappa shape index (κ3) is 6.76. The molecule has 0 radical (unpaired) electrons. The molecule has 1 aliphatic heterocycles. The van der Waals surface area contributed by atoms with E-state index >= 15 is 0 Å². The number of hydrogen-bond acceptors (Lipinski definition) is 3. The number of piperidine rings is 1. The van der Waals surface area contributed by atoms with Gasteiger partial charge in [-0.05, 0) is 63.6 Å². The van der Waals surface area contributed by atoms with Crippen LogP contribution in [0, 0.1) is 11.8 Å². The van der Waals surface area contributed by atoms with E-state index in [9.17, 15) is 9.59 Å². The summed E-state index contributed by atoms with van der Waals surface area (Å²) in [6.07, 6.45) is 6.16. The molecular weight excluding hydrogens is 362 g/mol. The van der Waals surface area contributed by atoms with Gasteiger partial charge in [0.2, 0.25) is 5.91 Å². The summed E-state index contributed by atoms with van der Waals surface area (Å²) in [7, 11) is 0. The Morgan fingerprint density at radius 1 is 1.17 bits per heavy atom. The summed E-state index contributed by atoms with van der Waals surface area (Å²) >= 11 is 0. The molecule has 162 valence electrons. The fraction of sp³-hybridized carbons (Fsp3) is 0.667. The maximum atomic E-state index is 12.9. The third-order valence-electron chi connectivity index (χ3n) is 5.82. The zero-order valence-electron chi connectivity index (χ0n) is 18.9. The number of amides is 2. The third-order valence-corrected chi connectivity index (χ3v) is 5.82. The van der Waals surface area contributed by atoms with E-state index in [-0.39, 0.29) is 23.8 Å². The average molecular weight is 402 g/mol. The van der Waals surface area contributed by atoms with Crippen LogP contribution in [-0.2, 0) is 4.79 Å². The lowest BCUT2D eigenvalue weighted by Gasteiger charge is -2.33. The van der Waals surface area contributed by atoms with Crippen molar-refractivity contribution in [1.82, 2.24) is 5.32 Å². The molecule has 2 N–H and O–H groups in total. The summed E-state index contributed by atoms with van der Waals surface area (Å²) in [6, 6.07) is 5.83. The lowest BCUT2D eigenvalue weighted by molar-refractivity contribution is -0.120. The van der Waals surface area contributed by atoms with E-state index in [0.29, 0.717) is 11.3 Å². The van der Waals surface area contributed by atoms with Crippen LogP contribution in [0.5, 0.6) is 0 Å². The first-order valence-corrected chi connectivity index (χ1v) is 11.4. The molecule has 0 spiro atoms. The van der Waals surface area contributed by atoms with Crippen molar-refractivity contribution in [3.8, 4) is 0 Å². The van der Waals surface area contributed by atoms with E-state index in [4.69, 9.17) is 0 Å². The smallest absolute Gasteiger partial charge is 0.253 e. The molecule has 1 fully saturated rings. The maximum Gasteiger partial charge on any atom is 0.253 e. The Balaban J connectivity index is 2.24. The summed E-state index contributed by atoms with van der Waals surface area (Å²) in [5.74, 6) is 0.719. The van der Waals surface area contributed by atoms with Crippen molar-refractivity contribution in [3.63, 3.8) is 0 Å². The highest BCUT2D eigenvalue weighted by Gasteiger charge is 2.23.